The van der Waals surface area contributed by atoms with Crippen LogP contribution in [0, 0.1) is 0 Å². The average molecular weight is 385 g/mol. The van der Waals surface area contributed by atoms with Gasteiger partial charge in [0.05, 0.1) is 0 Å². The maximum atomic E-state index is 12.1. The van der Waals surface area contributed by atoms with Crippen molar-refractivity contribution >= 4 is 21.1 Å². The Bertz CT molecular complexity index is 539. The lowest BCUT2D eigenvalue weighted by Gasteiger charge is -2.49. The highest BCUT2D eigenvalue weighted by Gasteiger charge is 2.52. The Kier molecular flexibility index (Phi) is 5.94. The fourth-order valence-electron chi connectivity index (χ4n) is 3.79. The van der Waals surface area contributed by atoms with E-state index >= 15 is 0 Å². The maximum Gasteiger partial charge on any atom is 0.354 e. The molecule has 0 unspecified atom stereocenters. The van der Waals surface area contributed by atoms with Gasteiger partial charge in [-0.1, -0.05) is 6.42 Å². The summed E-state index contributed by atoms with van der Waals surface area (Å²) >= 11 is 0. The number of hydrogen-bond acceptors (Lipinski definition) is 5. The minimum absolute atomic E-state index is 0.0136. The molecule has 2 saturated heterocycles. The van der Waals surface area contributed by atoms with Crippen LogP contribution in [0.5, 0.6) is 0 Å². The predicted octanol–water partition coefficient (Wildman–Crippen LogP) is -0.569. The molecule has 0 spiro atoms. The quantitative estimate of drug-likeness (QED) is 0.390. The molecule has 0 atom stereocenters. The highest BCUT2D eigenvalue weighted by atomic mass is 31.2. The Morgan fingerprint density at radius 3 is 1.75 bits per heavy atom. The summed E-state index contributed by atoms with van der Waals surface area (Å²) in [5, 5.41) is 0. The van der Waals surface area contributed by atoms with E-state index in [1.165, 1.54) is 0 Å². The first kappa shape index (κ1) is 20.0. The van der Waals surface area contributed by atoms with Gasteiger partial charge in [-0.3, -0.25) is 23.7 Å². The zero-order valence-electron chi connectivity index (χ0n) is 13.3. The van der Waals surface area contributed by atoms with Crippen LogP contribution in [-0.2, 0) is 13.9 Å². The van der Waals surface area contributed by atoms with Gasteiger partial charge in [0.25, 0.3) is 0 Å². The molecule has 0 aliphatic carbocycles. The van der Waals surface area contributed by atoms with Crippen molar-refractivity contribution in [3.05, 3.63) is 0 Å². The van der Waals surface area contributed by atoms with Crippen LogP contribution in [0.3, 0.4) is 0 Å². The maximum absolute atomic E-state index is 12.1. The Morgan fingerprint density at radius 1 is 0.917 bits per heavy atom. The van der Waals surface area contributed by atoms with Gasteiger partial charge < -0.3 is 25.3 Å². The summed E-state index contributed by atoms with van der Waals surface area (Å²) < 4.78 is 23.1. The van der Waals surface area contributed by atoms with Gasteiger partial charge >= 0.3 is 15.2 Å². The summed E-state index contributed by atoms with van der Waals surface area (Å²) in [7, 11) is -10.1. The van der Waals surface area contributed by atoms with Crippen LogP contribution in [0.1, 0.15) is 32.1 Å². The molecule has 2 fully saturated rings. The van der Waals surface area contributed by atoms with Gasteiger partial charge in [0.1, 0.15) is 5.54 Å². The summed E-state index contributed by atoms with van der Waals surface area (Å²) in [6.07, 6.45) is 3.37. The van der Waals surface area contributed by atoms with Gasteiger partial charge in [-0.05, 0) is 38.8 Å². The Labute approximate surface area is 140 Å². The molecule has 0 radical (unpaired) electrons. The van der Waals surface area contributed by atoms with E-state index in [2.05, 4.69) is 0 Å². The van der Waals surface area contributed by atoms with E-state index in [4.69, 9.17) is 5.73 Å². The number of carbonyl (C=O) groups excluding carboxylic acids is 1. The second-order valence-electron chi connectivity index (χ2n) is 6.50. The van der Waals surface area contributed by atoms with E-state index in [0.717, 1.165) is 37.3 Å². The summed E-state index contributed by atoms with van der Waals surface area (Å²) in [6.45, 7) is 1.42. The second-order valence-corrected chi connectivity index (χ2v) is 10.2. The normalized spacial score (nSPS) is 24.2. The van der Waals surface area contributed by atoms with E-state index in [-0.39, 0.29) is 25.9 Å². The van der Waals surface area contributed by atoms with Crippen LogP contribution in [-0.4, -0.2) is 72.5 Å². The SMILES string of the molecule is NC(=O)C1(N2CCCCC2)CCN(C(P(=O)(O)O)P(=O)(O)O)CC1. The number of nitrogens with two attached hydrogens (primary N) is 1. The topological polar surface area (TPSA) is 165 Å². The van der Waals surface area contributed by atoms with Crippen molar-refractivity contribution in [1.82, 2.24) is 9.80 Å². The van der Waals surface area contributed by atoms with Crippen molar-refractivity contribution in [2.75, 3.05) is 26.2 Å². The Hall–Kier alpha value is -0.310. The molecule has 6 N–H and O–H groups in total. The minimum Gasteiger partial charge on any atom is -0.368 e. The molecule has 10 nitrogen and oxygen atoms in total. The molecule has 0 aromatic rings. The molecule has 2 aliphatic rings. The predicted molar refractivity (Wildman–Crippen MR) is 86.0 cm³/mol. The highest BCUT2D eigenvalue weighted by Crippen LogP contribution is 2.61. The summed E-state index contributed by atoms with van der Waals surface area (Å²) in [6, 6.07) is 0. The van der Waals surface area contributed by atoms with Gasteiger partial charge in [0.15, 0.2) is 0 Å². The lowest BCUT2D eigenvalue weighted by molar-refractivity contribution is -0.134. The molecule has 0 aromatic carbocycles. The number of likely N-dealkylation sites (tertiary alicyclic amines) is 2. The number of rotatable bonds is 5. The molecule has 12 heteroatoms. The fourth-order valence-corrected chi connectivity index (χ4v) is 6.67. The monoisotopic (exact) mass is 385 g/mol. The average Bonchev–Trinajstić information content (AvgIpc) is 2.46. The number of piperidine rings is 2. The van der Waals surface area contributed by atoms with Gasteiger partial charge in [0, 0.05) is 13.1 Å². The third-order valence-electron chi connectivity index (χ3n) is 4.97. The van der Waals surface area contributed by atoms with Crippen LogP contribution in [0.4, 0.5) is 0 Å². The summed E-state index contributed by atoms with van der Waals surface area (Å²) in [4.78, 5) is 52.5. The smallest absolute Gasteiger partial charge is 0.354 e. The fraction of sp³-hybridized carbons (Fsp3) is 0.917. The number of carbonyl (C=O) groups is 1. The Morgan fingerprint density at radius 2 is 1.38 bits per heavy atom. The molecule has 0 aromatic heterocycles. The minimum atomic E-state index is -5.03. The van der Waals surface area contributed by atoms with Crippen molar-refractivity contribution in [3.63, 3.8) is 0 Å². The second kappa shape index (κ2) is 7.13. The first-order chi connectivity index (χ1) is 11.0. The largest absolute Gasteiger partial charge is 0.368 e. The van der Waals surface area contributed by atoms with E-state index in [1.54, 1.807) is 0 Å². The van der Waals surface area contributed by atoms with E-state index in [0.29, 0.717) is 0 Å². The third kappa shape index (κ3) is 4.08. The number of amides is 1. The molecule has 0 bridgehead atoms. The molecular weight excluding hydrogens is 360 g/mol. The van der Waals surface area contributed by atoms with Gasteiger partial charge in [-0.2, -0.15) is 0 Å². The molecule has 1 amide bonds. The van der Waals surface area contributed by atoms with E-state index in [1.807, 2.05) is 4.90 Å². The van der Waals surface area contributed by atoms with E-state index in [9.17, 15) is 33.5 Å². The highest BCUT2D eigenvalue weighted by molar-refractivity contribution is 7.70. The van der Waals surface area contributed by atoms with Crippen LogP contribution >= 0.6 is 15.2 Å². The number of nitrogens with zero attached hydrogens (tertiary/aromatic N) is 2. The molecule has 24 heavy (non-hydrogen) atoms. The van der Waals surface area contributed by atoms with Gasteiger partial charge in [-0.25, -0.2) is 0 Å². The van der Waals surface area contributed by atoms with Gasteiger partial charge in [0.2, 0.25) is 11.4 Å². The van der Waals surface area contributed by atoms with Crippen molar-refractivity contribution in [2.45, 2.75) is 43.2 Å². The molecule has 2 heterocycles. The molecule has 2 aliphatic heterocycles. The molecular formula is C12H25N3O7P2. The van der Waals surface area contributed by atoms with Crippen molar-refractivity contribution < 1.29 is 33.5 Å². The van der Waals surface area contributed by atoms with Gasteiger partial charge in [-0.15, -0.1) is 0 Å². The summed E-state index contributed by atoms with van der Waals surface area (Å²) in [5.41, 5.74) is 2.54. The van der Waals surface area contributed by atoms with Crippen LogP contribution < -0.4 is 5.73 Å². The lowest BCUT2D eigenvalue weighted by Crippen LogP contribution is -2.64. The molecule has 2 rings (SSSR count). The standard InChI is InChI=1S/C12H25N3O7P2/c13-10(16)12(15-6-2-1-3-7-15)4-8-14(9-5-12)11(23(17,18)19)24(20,21)22/h11H,1-9H2,(H2,13,16)(H2,17,18,19)(H2,20,21,22). The molecule has 140 valence electrons. The van der Waals surface area contributed by atoms with Crippen molar-refractivity contribution in [2.24, 2.45) is 5.73 Å². The third-order valence-corrected chi connectivity index (χ3v) is 8.64. The van der Waals surface area contributed by atoms with Crippen LogP contribution in [0.15, 0.2) is 0 Å². The number of hydrogen-bond donors (Lipinski definition) is 5. The van der Waals surface area contributed by atoms with Crippen molar-refractivity contribution in [1.29, 1.82) is 0 Å². The zero-order valence-corrected chi connectivity index (χ0v) is 15.1. The zero-order chi connectivity index (χ0) is 18.2. The van der Waals surface area contributed by atoms with Crippen molar-refractivity contribution in [3.8, 4) is 0 Å². The first-order valence-corrected chi connectivity index (χ1v) is 11.2. The van der Waals surface area contributed by atoms with Crippen LogP contribution in [0.2, 0.25) is 0 Å². The molecule has 0 saturated carbocycles. The number of primary amides is 1. The van der Waals surface area contributed by atoms with E-state index < -0.39 is 32.2 Å². The first-order valence-electron chi connectivity index (χ1n) is 7.88. The lowest BCUT2D eigenvalue weighted by atomic mass is 9.83. The van der Waals surface area contributed by atoms with Crippen LogP contribution in [0.25, 0.3) is 0 Å². The Balaban J connectivity index is 2.19. The summed E-state index contributed by atoms with van der Waals surface area (Å²) in [5.74, 6) is -0.493.